The Balaban J connectivity index is 1.89. The van der Waals surface area contributed by atoms with Crippen LogP contribution in [0, 0.1) is 29.9 Å². The van der Waals surface area contributed by atoms with Crippen molar-refractivity contribution in [2.45, 2.75) is 38.5 Å². The van der Waals surface area contributed by atoms with Crippen LogP contribution in [0.1, 0.15) is 41.3 Å². The summed E-state index contributed by atoms with van der Waals surface area (Å²) in [5, 5.41) is 13.7. The summed E-state index contributed by atoms with van der Waals surface area (Å²) in [7, 11) is -3.71. The van der Waals surface area contributed by atoms with E-state index in [0.29, 0.717) is 35.8 Å². The summed E-state index contributed by atoms with van der Waals surface area (Å²) in [6.45, 7) is 6.46. The van der Waals surface area contributed by atoms with Crippen LogP contribution < -0.4 is 5.32 Å². The van der Waals surface area contributed by atoms with Crippen LogP contribution in [-0.2, 0) is 10.0 Å². The zero-order valence-corrected chi connectivity index (χ0v) is 18.0. The van der Waals surface area contributed by atoms with Gasteiger partial charge in [0.2, 0.25) is 10.0 Å². The summed E-state index contributed by atoms with van der Waals surface area (Å²) in [6.07, 6.45) is 1.62. The lowest BCUT2D eigenvalue weighted by Gasteiger charge is -2.30. The lowest BCUT2D eigenvalue weighted by Crippen LogP contribution is -2.38. The molecule has 1 aliphatic rings. The van der Waals surface area contributed by atoms with Gasteiger partial charge in [0.15, 0.2) is 0 Å². The molecule has 1 fully saturated rings. The van der Waals surface area contributed by atoms with Gasteiger partial charge >= 0.3 is 0 Å². The Morgan fingerprint density at radius 1 is 1.10 bits per heavy atom. The van der Waals surface area contributed by atoms with E-state index in [-0.39, 0.29) is 16.1 Å². The summed E-state index contributed by atoms with van der Waals surface area (Å²) in [5.41, 5.74) is 1.58. The molecule has 0 aromatic heterocycles. The molecule has 0 bridgehead atoms. The van der Waals surface area contributed by atoms with Gasteiger partial charge in [0.05, 0.1) is 15.5 Å². The van der Waals surface area contributed by atoms with Crippen molar-refractivity contribution in [2.75, 3.05) is 18.4 Å². The number of non-ortho nitro benzene ring substituents is 1. The number of nitrogens with zero attached hydrogens (tertiary/aromatic N) is 2. The molecule has 1 N–H and O–H groups in total. The van der Waals surface area contributed by atoms with Crippen molar-refractivity contribution in [1.82, 2.24) is 4.31 Å². The minimum Gasteiger partial charge on any atom is -0.321 e. The van der Waals surface area contributed by atoms with Crippen LogP contribution >= 0.6 is 0 Å². The number of carbonyl (C=O) groups is 1. The Kier molecular flexibility index (Phi) is 6.23. The predicted molar refractivity (Wildman–Crippen MR) is 114 cm³/mol. The van der Waals surface area contributed by atoms with Crippen molar-refractivity contribution in [3.05, 3.63) is 63.2 Å². The first-order valence-electron chi connectivity index (χ1n) is 9.77. The van der Waals surface area contributed by atoms with Gasteiger partial charge in [-0.2, -0.15) is 4.31 Å². The molecule has 0 atom stereocenters. The highest BCUT2D eigenvalue weighted by Gasteiger charge is 2.30. The molecule has 1 saturated heterocycles. The minimum absolute atomic E-state index is 0.112. The standard InChI is InChI=1S/C21H25N3O5S/c1-14-8-10-23(11-9-14)30(28,29)20-12-17(6-4-16(20)3)21(25)22-19-13-18(24(26)27)7-5-15(19)2/h4-7,12-14H,8-11H2,1-3H3,(H,22,25). The Morgan fingerprint density at radius 3 is 2.37 bits per heavy atom. The van der Waals surface area contributed by atoms with Crippen molar-refractivity contribution in [1.29, 1.82) is 0 Å². The van der Waals surface area contributed by atoms with Gasteiger partial charge in [0, 0.05) is 30.8 Å². The second-order valence-electron chi connectivity index (χ2n) is 7.78. The molecule has 0 saturated carbocycles. The Morgan fingerprint density at radius 2 is 1.73 bits per heavy atom. The summed E-state index contributed by atoms with van der Waals surface area (Å²) < 4.78 is 27.8. The van der Waals surface area contributed by atoms with E-state index in [2.05, 4.69) is 12.2 Å². The lowest BCUT2D eigenvalue weighted by atomic mass is 10.0. The number of benzene rings is 2. The number of amides is 1. The summed E-state index contributed by atoms with van der Waals surface area (Å²) in [5.74, 6) is -0.0323. The van der Waals surface area contributed by atoms with Crippen molar-refractivity contribution in [3.63, 3.8) is 0 Å². The summed E-state index contributed by atoms with van der Waals surface area (Å²) in [4.78, 5) is 23.3. The average molecular weight is 432 g/mol. The van der Waals surface area contributed by atoms with Crippen LogP contribution in [0.15, 0.2) is 41.3 Å². The maximum Gasteiger partial charge on any atom is 0.271 e. The molecule has 1 amide bonds. The number of aryl methyl sites for hydroxylation is 2. The molecular weight excluding hydrogens is 406 g/mol. The number of nitrogens with one attached hydrogen (secondary N) is 1. The lowest BCUT2D eigenvalue weighted by molar-refractivity contribution is -0.384. The first kappa shape index (κ1) is 21.9. The number of anilines is 1. The third kappa shape index (κ3) is 4.52. The fraction of sp³-hybridized carbons (Fsp3) is 0.381. The molecule has 0 radical (unpaired) electrons. The van der Waals surface area contributed by atoms with Gasteiger partial charge in [0.25, 0.3) is 11.6 Å². The number of nitro benzene ring substituents is 1. The van der Waals surface area contributed by atoms with E-state index in [1.807, 2.05) is 0 Å². The summed E-state index contributed by atoms with van der Waals surface area (Å²) >= 11 is 0. The SMILES string of the molecule is Cc1ccc([N+](=O)[O-])cc1NC(=O)c1ccc(C)c(S(=O)(=O)N2CCC(C)CC2)c1. The van der Waals surface area contributed by atoms with Crippen molar-refractivity contribution < 1.29 is 18.1 Å². The molecule has 0 spiro atoms. The third-order valence-corrected chi connectivity index (χ3v) is 7.53. The zero-order chi connectivity index (χ0) is 22.1. The van der Waals surface area contributed by atoms with Crippen LogP contribution in [0.4, 0.5) is 11.4 Å². The van der Waals surface area contributed by atoms with E-state index >= 15 is 0 Å². The number of sulfonamides is 1. The normalized spacial score (nSPS) is 15.7. The molecular formula is C21H25N3O5S. The van der Waals surface area contributed by atoms with Gasteiger partial charge in [-0.1, -0.05) is 19.1 Å². The fourth-order valence-corrected chi connectivity index (χ4v) is 5.16. The van der Waals surface area contributed by atoms with Gasteiger partial charge in [-0.3, -0.25) is 14.9 Å². The molecule has 1 heterocycles. The van der Waals surface area contributed by atoms with Gasteiger partial charge in [0.1, 0.15) is 0 Å². The van der Waals surface area contributed by atoms with E-state index < -0.39 is 20.9 Å². The third-order valence-electron chi connectivity index (χ3n) is 5.49. The number of nitro groups is 1. The number of piperidine rings is 1. The van der Waals surface area contributed by atoms with E-state index in [0.717, 1.165) is 12.8 Å². The predicted octanol–water partition coefficient (Wildman–Crippen LogP) is 3.88. The van der Waals surface area contributed by atoms with Gasteiger partial charge in [-0.15, -0.1) is 0 Å². The molecule has 30 heavy (non-hydrogen) atoms. The molecule has 0 aliphatic carbocycles. The molecule has 2 aromatic carbocycles. The van der Waals surface area contributed by atoms with Gasteiger partial charge in [-0.25, -0.2) is 8.42 Å². The van der Waals surface area contributed by atoms with E-state index in [9.17, 15) is 23.3 Å². The molecule has 3 rings (SSSR count). The molecule has 9 heteroatoms. The van der Waals surface area contributed by atoms with E-state index in [4.69, 9.17) is 0 Å². The highest BCUT2D eigenvalue weighted by Crippen LogP contribution is 2.27. The Labute approximate surface area is 176 Å². The highest BCUT2D eigenvalue weighted by atomic mass is 32.2. The van der Waals surface area contributed by atoms with Crippen LogP contribution in [0.3, 0.4) is 0 Å². The maximum atomic E-state index is 13.1. The topological polar surface area (TPSA) is 110 Å². The first-order valence-corrected chi connectivity index (χ1v) is 11.2. The van der Waals surface area contributed by atoms with Gasteiger partial charge in [-0.05, 0) is 55.9 Å². The molecule has 1 aliphatic heterocycles. The maximum absolute atomic E-state index is 13.1. The largest absolute Gasteiger partial charge is 0.321 e. The monoisotopic (exact) mass is 431 g/mol. The molecule has 8 nitrogen and oxygen atoms in total. The average Bonchev–Trinajstić information content (AvgIpc) is 2.70. The molecule has 0 unspecified atom stereocenters. The van der Waals surface area contributed by atoms with Crippen LogP contribution in [0.25, 0.3) is 0 Å². The number of rotatable bonds is 5. The van der Waals surface area contributed by atoms with E-state index in [1.165, 1.54) is 22.5 Å². The quantitative estimate of drug-likeness (QED) is 0.571. The Hall–Kier alpha value is -2.78. The van der Waals surface area contributed by atoms with Gasteiger partial charge < -0.3 is 5.32 Å². The molecule has 2 aromatic rings. The van der Waals surface area contributed by atoms with Crippen molar-refractivity contribution >= 4 is 27.3 Å². The number of hydrogen-bond donors (Lipinski definition) is 1. The number of carbonyl (C=O) groups excluding carboxylic acids is 1. The highest BCUT2D eigenvalue weighted by molar-refractivity contribution is 7.89. The summed E-state index contributed by atoms with van der Waals surface area (Å²) in [6, 6.07) is 8.74. The first-order chi connectivity index (χ1) is 14.1. The molecule has 160 valence electrons. The second-order valence-corrected chi connectivity index (χ2v) is 9.68. The second kappa shape index (κ2) is 8.53. The van der Waals surface area contributed by atoms with Crippen LogP contribution in [-0.4, -0.2) is 36.6 Å². The van der Waals surface area contributed by atoms with Crippen LogP contribution in [0.5, 0.6) is 0 Å². The Bertz CT molecular complexity index is 1090. The number of hydrogen-bond acceptors (Lipinski definition) is 5. The van der Waals surface area contributed by atoms with E-state index in [1.54, 1.807) is 32.0 Å². The smallest absolute Gasteiger partial charge is 0.271 e. The van der Waals surface area contributed by atoms with Crippen molar-refractivity contribution in [3.8, 4) is 0 Å². The zero-order valence-electron chi connectivity index (χ0n) is 17.2. The minimum atomic E-state index is -3.71. The fourth-order valence-electron chi connectivity index (χ4n) is 3.44. The van der Waals surface area contributed by atoms with Crippen LogP contribution in [0.2, 0.25) is 0 Å². The van der Waals surface area contributed by atoms with Crippen molar-refractivity contribution in [2.24, 2.45) is 5.92 Å².